The number of carboxylic acids is 2. The number of benzene rings is 2. The molecule has 0 bridgehead atoms. The number of carbonyl (C=O) groups excluding carboxylic acids is 2. The highest BCUT2D eigenvalue weighted by Gasteiger charge is 2.25. The van der Waals surface area contributed by atoms with E-state index in [0.717, 1.165) is 44.9 Å². The van der Waals surface area contributed by atoms with Crippen LogP contribution in [-0.2, 0) is 28.7 Å². The van der Waals surface area contributed by atoms with Gasteiger partial charge in [0, 0.05) is 68.1 Å². The average molecular weight is 1060 g/mol. The summed E-state index contributed by atoms with van der Waals surface area (Å²) in [5.74, 6) is -0.658. The maximum Gasteiger partial charge on any atom is 0.328 e. The number of aliphatic hydroxyl groups excluding tert-OH is 4. The van der Waals surface area contributed by atoms with E-state index in [2.05, 4.69) is 73.0 Å². The first-order chi connectivity index (χ1) is 36.1. The fourth-order valence-corrected chi connectivity index (χ4v) is 9.72. The summed E-state index contributed by atoms with van der Waals surface area (Å²) in [6.45, 7) is 8.64. The van der Waals surface area contributed by atoms with Gasteiger partial charge in [-0.15, -0.1) is 18.9 Å². The fraction of sp³-hybridized carbons (Fsp3) is 0.607. The number of aliphatic carboxylic acids is 2. The normalized spacial score (nSPS) is 14.4. The third-order valence-corrected chi connectivity index (χ3v) is 13.8. The quantitative estimate of drug-likeness (QED) is 0.0110. The number of ether oxygens (including phenoxy) is 2. The standard InChI is InChI=1S/C19H19NS.C19H36O4.C19H34O4.C4H4O4/c1-20-12-10-14(11-13-20)19-15-6-2-4-8-17(15)21-18-9-5-3-7-16(18)19;2*1-3-4-5-6-7-8-9-10-11-12-13-14-18(21)15-19(22)16-23-17(2)20;5-3(6)1-2-4(7)8/h2-9H,10-13H2,1H3;3,18-19,21-22H,1,4-16H2,2H3;1,18-19,21-22H,4-16H2,2H3;1-2H,(H,5,6)(H,7,8). The number of nitrogens with zero attached hydrogens (tertiary/aromatic N) is 1. The Morgan fingerprint density at radius 2 is 0.987 bits per heavy atom. The zero-order valence-corrected chi connectivity index (χ0v) is 46.5. The third kappa shape index (κ3) is 36.8. The van der Waals surface area contributed by atoms with Gasteiger partial charge in [-0.3, -0.25) is 9.59 Å². The molecule has 0 aliphatic carbocycles. The van der Waals surface area contributed by atoms with E-state index in [1.54, 1.807) is 5.57 Å². The smallest absolute Gasteiger partial charge is 0.328 e. The van der Waals surface area contributed by atoms with Crippen LogP contribution >= 0.6 is 11.8 Å². The Balaban J connectivity index is 0.000000523. The van der Waals surface area contributed by atoms with Gasteiger partial charge in [0.25, 0.3) is 0 Å². The number of likely N-dealkylation sites (tertiary alicyclic amines) is 1. The lowest BCUT2D eigenvalue weighted by Gasteiger charge is -2.30. The molecule has 2 aromatic carbocycles. The molecular weight excluding hydrogens is 971 g/mol. The van der Waals surface area contributed by atoms with Crippen LogP contribution in [0.25, 0.3) is 5.57 Å². The van der Waals surface area contributed by atoms with Crippen LogP contribution in [0.1, 0.15) is 192 Å². The molecule has 13 nitrogen and oxygen atoms in total. The predicted molar refractivity (Wildman–Crippen MR) is 301 cm³/mol. The van der Waals surface area contributed by atoms with E-state index < -0.39 is 48.3 Å². The van der Waals surface area contributed by atoms with E-state index in [0.29, 0.717) is 25.0 Å². The number of rotatable bonds is 33. The summed E-state index contributed by atoms with van der Waals surface area (Å²) >= 11 is 1.91. The van der Waals surface area contributed by atoms with Crippen LogP contribution in [0, 0.1) is 12.3 Å². The van der Waals surface area contributed by atoms with E-state index in [1.807, 2.05) is 17.8 Å². The number of hydrogen-bond donors (Lipinski definition) is 6. The molecule has 75 heavy (non-hydrogen) atoms. The predicted octanol–water partition coefficient (Wildman–Crippen LogP) is 12.1. The minimum absolute atomic E-state index is 0.0286. The molecule has 4 unspecified atom stereocenters. The van der Waals surface area contributed by atoms with Crippen LogP contribution < -0.4 is 0 Å². The lowest BCUT2D eigenvalue weighted by Crippen LogP contribution is -2.27. The van der Waals surface area contributed by atoms with Crippen molar-refractivity contribution in [2.45, 2.75) is 215 Å². The van der Waals surface area contributed by atoms with Gasteiger partial charge in [-0.2, -0.15) is 0 Å². The molecule has 0 radical (unpaired) electrons. The Labute approximate surface area is 454 Å². The number of carboxylic acid groups (broad SMARTS) is 2. The van der Waals surface area contributed by atoms with E-state index in [4.69, 9.17) is 26.1 Å². The second-order valence-corrected chi connectivity index (χ2v) is 20.6. The van der Waals surface area contributed by atoms with Gasteiger partial charge in [-0.25, -0.2) is 9.59 Å². The SMILES string of the molecule is C#CCCCCCCCCCCCC(O)CC(O)COC(C)=O.C=CCCCCCCCCCCCC(O)CC(O)COC(C)=O.CN1CCC(=C2c3ccccc3Sc3ccccc32)CC1.O=C(O)C=CC(=O)O. The summed E-state index contributed by atoms with van der Waals surface area (Å²) in [4.78, 5) is 45.6. The van der Waals surface area contributed by atoms with Gasteiger partial charge in [0.2, 0.25) is 0 Å². The molecule has 4 atom stereocenters. The highest BCUT2D eigenvalue weighted by atomic mass is 32.2. The summed E-state index contributed by atoms with van der Waals surface area (Å²) in [5.41, 5.74) is 6.00. The Morgan fingerprint density at radius 1 is 0.613 bits per heavy atom. The van der Waals surface area contributed by atoms with Crippen molar-refractivity contribution in [3.63, 3.8) is 0 Å². The number of aliphatic hydroxyl groups is 4. The van der Waals surface area contributed by atoms with Crippen LogP contribution in [0.2, 0.25) is 0 Å². The van der Waals surface area contributed by atoms with E-state index >= 15 is 0 Å². The number of unbranched alkanes of at least 4 members (excludes halogenated alkanes) is 18. The summed E-state index contributed by atoms with van der Waals surface area (Å²) in [7, 11) is 2.22. The molecule has 2 aliphatic heterocycles. The van der Waals surface area contributed by atoms with Gasteiger partial charge in [0.05, 0.1) is 24.4 Å². The van der Waals surface area contributed by atoms with Crippen molar-refractivity contribution in [3.8, 4) is 12.3 Å². The number of hydrogen-bond acceptors (Lipinski definition) is 12. The number of carbonyl (C=O) groups is 4. The van der Waals surface area contributed by atoms with Crippen molar-refractivity contribution in [2.75, 3.05) is 33.4 Å². The van der Waals surface area contributed by atoms with Crippen molar-refractivity contribution in [2.24, 2.45) is 0 Å². The number of allylic oxidation sites excluding steroid dienone is 1. The number of terminal acetylenes is 1. The fourth-order valence-electron chi connectivity index (χ4n) is 8.63. The highest BCUT2D eigenvalue weighted by Crippen LogP contribution is 2.47. The number of esters is 2. The average Bonchev–Trinajstić information content (AvgIpc) is 3.38. The summed E-state index contributed by atoms with van der Waals surface area (Å²) < 4.78 is 9.42. The maximum atomic E-state index is 10.6. The zero-order chi connectivity index (χ0) is 55.5. The van der Waals surface area contributed by atoms with E-state index in [-0.39, 0.29) is 26.1 Å². The van der Waals surface area contributed by atoms with Crippen LogP contribution in [0.5, 0.6) is 0 Å². The van der Waals surface area contributed by atoms with Gasteiger partial charge in [-0.05, 0) is 80.8 Å². The van der Waals surface area contributed by atoms with Crippen molar-refractivity contribution in [1.29, 1.82) is 0 Å². The van der Waals surface area contributed by atoms with Crippen LogP contribution in [0.4, 0.5) is 0 Å². The maximum absolute atomic E-state index is 10.6. The molecule has 14 heteroatoms. The molecule has 0 aromatic heterocycles. The Bertz CT molecular complexity index is 1920. The second kappa shape index (κ2) is 44.4. The molecule has 2 heterocycles. The van der Waals surface area contributed by atoms with Crippen LogP contribution in [-0.4, -0.2) is 117 Å². The van der Waals surface area contributed by atoms with Crippen molar-refractivity contribution >= 4 is 41.2 Å². The number of fused-ring (bicyclic) bond motifs is 2. The lowest BCUT2D eigenvalue weighted by atomic mass is 9.88. The van der Waals surface area contributed by atoms with Gasteiger partial charge in [0.15, 0.2) is 0 Å². The van der Waals surface area contributed by atoms with Crippen molar-refractivity contribution < 1.29 is 59.3 Å². The second-order valence-electron chi connectivity index (χ2n) is 19.6. The van der Waals surface area contributed by atoms with E-state index in [9.17, 15) is 39.6 Å². The lowest BCUT2D eigenvalue weighted by molar-refractivity contribution is -0.145. The molecule has 4 rings (SSSR count). The number of piperidine rings is 1. The summed E-state index contributed by atoms with van der Waals surface area (Å²) in [6.07, 6.45) is 34.0. The zero-order valence-electron chi connectivity index (χ0n) is 45.6. The Hall–Kier alpha value is -4.75. The van der Waals surface area contributed by atoms with Crippen molar-refractivity contribution in [1.82, 2.24) is 4.90 Å². The molecule has 2 aromatic rings. The van der Waals surface area contributed by atoms with Gasteiger partial charge in [-0.1, -0.05) is 163 Å². The topological polar surface area (TPSA) is 211 Å². The first-order valence-electron chi connectivity index (χ1n) is 27.5. The van der Waals surface area contributed by atoms with Crippen molar-refractivity contribution in [3.05, 3.63) is 90.0 Å². The van der Waals surface area contributed by atoms with Gasteiger partial charge >= 0.3 is 23.9 Å². The van der Waals surface area contributed by atoms with Gasteiger partial charge in [0.1, 0.15) is 13.2 Å². The molecule has 2 aliphatic rings. The molecule has 6 N–H and O–H groups in total. The Morgan fingerprint density at radius 3 is 1.36 bits per heavy atom. The molecule has 0 amide bonds. The first kappa shape index (κ1) is 68.3. The minimum Gasteiger partial charge on any atom is -0.478 e. The van der Waals surface area contributed by atoms with E-state index in [1.165, 1.54) is 150 Å². The minimum atomic E-state index is -1.26. The summed E-state index contributed by atoms with van der Waals surface area (Å²) in [5, 5.41) is 54.5. The third-order valence-electron chi connectivity index (χ3n) is 12.7. The monoisotopic (exact) mass is 1060 g/mol. The highest BCUT2D eigenvalue weighted by molar-refractivity contribution is 7.99. The molecular formula is C61H93NO12S. The Kier molecular flexibility index (Phi) is 40.4. The van der Waals surface area contributed by atoms with Crippen LogP contribution in [0.3, 0.4) is 0 Å². The molecule has 420 valence electrons. The summed E-state index contributed by atoms with van der Waals surface area (Å²) in [6, 6.07) is 17.7. The molecule has 1 saturated heterocycles. The van der Waals surface area contributed by atoms with Gasteiger partial charge < -0.3 is 45.0 Å². The molecule has 0 saturated carbocycles. The largest absolute Gasteiger partial charge is 0.478 e. The molecule has 1 fully saturated rings. The molecule has 0 spiro atoms. The first-order valence-corrected chi connectivity index (χ1v) is 28.3. The van der Waals surface area contributed by atoms with Crippen LogP contribution in [0.15, 0.2) is 88.7 Å².